The molecule has 2 unspecified atom stereocenters. The Morgan fingerprint density at radius 3 is 2.39 bits per heavy atom. The number of rotatable bonds is 7. The highest BCUT2D eigenvalue weighted by molar-refractivity contribution is 7.89. The van der Waals surface area contributed by atoms with Gasteiger partial charge in [0.25, 0.3) is 5.91 Å². The van der Waals surface area contributed by atoms with Crippen LogP contribution in [0.3, 0.4) is 0 Å². The van der Waals surface area contributed by atoms with E-state index in [1.807, 2.05) is 4.90 Å². The fourth-order valence-electron chi connectivity index (χ4n) is 4.73. The van der Waals surface area contributed by atoms with Gasteiger partial charge >= 0.3 is 0 Å². The summed E-state index contributed by atoms with van der Waals surface area (Å²) in [6.45, 7) is 9.17. The molecule has 1 aliphatic carbocycles. The molecule has 0 spiro atoms. The third-order valence-corrected chi connectivity index (χ3v) is 7.98. The average molecular weight is 450 g/mol. The molecule has 172 valence electrons. The number of nitrogens with one attached hydrogen (secondary N) is 1. The monoisotopic (exact) mass is 449 g/mol. The first-order valence-corrected chi connectivity index (χ1v) is 13.1. The van der Waals surface area contributed by atoms with Crippen LogP contribution in [0.4, 0.5) is 0 Å². The molecule has 1 amide bonds. The highest BCUT2D eigenvalue weighted by atomic mass is 32.2. The van der Waals surface area contributed by atoms with Gasteiger partial charge in [-0.1, -0.05) is 6.07 Å². The van der Waals surface area contributed by atoms with Crippen molar-refractivity contribution in [3.05, 3.63) is 29.8 Å². The van der Waals surface area contributed by atoms with E-state index in [9.17, 15) is 13.2 Å². The van der Waals surface area contributed by atoms with Crippen molar-refractivity contribution in [2.45, 2.75) is 56.6 Å². The van der Waals surface area contributed by atoms with Gasteiger partial charge in [-0.3, -0.25) is 9.69 Å². The second-order valence-corrected chi connectivity index (χ2v) is 11.3. The van der Waals surface area contributed by atoms with E-state index in [1.165, 1.54) is 6.07 Å². The summed E-state index contributed by atoms with van der Waals surface area (Å²) < 4.78 is 33.6. The SMILES string of the molecule is CC1CN(CC2CCN(C(=O)c3cccc(S(=O)(=O)NCC4CC4)c3)CC2)CC(C)O1. The van der Waals surface area contributed by atoms with Crippen molar-refractivity contribution in [3.63, 3.8) is 0 Å². The molecule has 1 saturated carbocycles. The van der Waals surface area contributed by atoms with E-state index < -0.39 is 10.0 Å². The van der Waals surface area contributed by atoms with E-state index in [0.717, 1.165) is 58.4 Å². The van der Waals surface area contributed by atoms with E-state index in [-0.39, 0.29) is 23.0 Å². The summed E-state index contributed by atoms with van der Waals surface area (Å²) in [5.74, 6) is 0.968. The van der Waals surface area contributed by atoms with Gasteiger partial charge in [-0.25, -0.2) is 13.1 Å². The first kappa shape index (κ1) is 22.7. The van der Waals surface area contributed by atoms with Gasteiger partial charge in [0.15, 0.2) is 0 Å². The highest BCUT2D eigenvalue weighted by Crippen LogP contribution is 2.28. The third kappa shape index (κ3) is 6.06. The average Bonchev–Trinajstić information content (AvgIpc) is 3.56. The Kier molecular flexibility index (Phi) is 7.01. The molecule has 2 aliphatic heterocycles. The highest BCUT2D eigenvalue weighted by Gasteiger charge is 2.29. The lowest BCUT2D eigenvalue weighted by Gasteiger charge is -2.39. The smallest absolute Gasteiger partial charge is 0.253 e. The van der Waals surface area contributed by atoms with Gasteiger partial charge in [-0.2, -0.15) is 0 Å². The van der Waals surface area contributed by atoms with E-state index in [2.05, 4.69) is 23.5 Å². The summed E-state index contributed by atoms with van der Waals surface area (Å²) in [6, 6.07) is 6.44. The van der Waals surface area contributed by atoms with Gasteiger partial charge in [0, 0.05) is 44.8 Å². The maximum absolute atomic E-state index is 13.0. The lowest BCUT2D eigenvalue weighted by atomic mass is 9.95. The van der Waals surface area contributed by atoms with Gasteiger partial charge in [-0.05, 0) is 69.6 Å². The number of piperidine rings is 1. The summed E-state index contributed by atoms with van der Waals surface area (Å²) in [6.07, 6.45) is 4.67. The molecule has 3 aliphatic rings. The van der Waals surface area contributed by atoms with Crippen LogP contribution >= 0.6 is 0 Å². The minimum Gasteiger partial charge on any atom is -0.373 e. The van der Waals surface area contributed by atoms with Gasteiger partial charge in [0.1, 0.15) is 0 Å². The predicted molar refractivity (Wildman–Crippen MR) is 119 cm³/mol. The van der Waals surface area contributed by atoms with Crippen LogP contribution in [0, 0.1) is 11.8 Å². The molecule has 1 aromatic rings. The molecule has 0 aromatic heterocycles. The Balaban J connectivity index is 1.31. The van der Waals surface area contributed by atoms with Crippen LogP contribution in [0.5, 0.6) is 0 Å². The molecule has 0 bridgehead atoms. The number of likely N-dealkylation sites (tertiary alicyclic amines) is 1. The van der Waals surface area contributed by atoms with Crippen molar-refractivity contribution >= 4 is 15.9 Å². The molecule has 31 heavy (non-hydrogen) atoms. The standard InChI is InChI=1S/C23H35N3O4S/c1-17-14-25(15-18(2)30-17)16-20-8-10-26(11-9-20)23(27)21-4-3-5-22(12-21)31(28,29)24-13-19-6-7-19/h3-5,12,17-20,24H,6-11,13-16H2,1-2H3. The van der Waals surface area contributed by atoms with Gasteiger partial charge < -0.3 is 9.64 Å². The Morgan fingerprint density at radius 1 is 1.06 bits per heavy atom. The number of benzene rings is 1. The van der Waals surface area contributed by atoms with Crippen molar-refractivity contribution in [3.8, 4) is 0 Å². The minimum absolute atomic E-state index is 0.0775. The zero-order valence-corrected chi connectivity index (χ0v) is 19.4. The molecular formula is C23H35N3O4S. The number of carbonyl (C=O) groups is 1. The van der Waals surface area contributed by atoms with Crippen molar-refractivity contribution < 1.29 is 17.9 Å². The number of morpholine rings is 1. The molecule has 3 fully saturated rings. The van der Waals surface area contributed by atoms with Crippen LogP contribution in [0.15, 0.2) is 29.2 Å². The van der Waals surface area contributed by atoms with Crippen LogP contribution in [-0.4, -0.2) is 75.6 Å². The maximum Gasteiger partial charge on any atom is 0.253 e. The molecule has 4 rings (SSSR count). The largest absolute Gasteiger partial charge is 0.373 e. The number of carbonyl (C=O) groups excluding carboxylic acids is 1. The lowest BCUT2D eigenvalue weighted by molar-refractivity contribution is -0.0728. The summed E-state index contributed by atoms with van der Waals surface area (Å²) in [4.78, 5) is 17.5. The number of ether oxygens (including phenoxy) is 1. The topological polar surface area (TPSA) is 79.0 Å². The maximum atomic E-state index is 13.0. The predicted octanol–water partition coefficient (Wildman–Crippen LogP) is 2.34. The molecule has 2 saturated heterocycles. The van der Waals surface area contributed by atoms with Gasteiger partial charge in [-0.15, -0.1) is 0 Å². The molecule has 7 nitrogen and oxygen atoms in total. The van der Waals surface area contributed by atoms with E-state index in [0.29, 0.717) is 23.9 Å². The summed E-state index contributed by atoms with van der Waals surface area (Å²) in [5.41, 5.74) is 0.448. The number of sulfonamides is 1. The van der Waals surface area contributed by atoms with Crippen molar-refractivity contribution in [2.75, 3.05) is 39.3 Å². The van der Waals surface area contributed by atoms with E-state index >= 15 is 0 Å². The molecule has 2 heterocycles. The van der Waals surface area contributed by atoms with Crippen LogP contribution in [-0.2, 0) is 14.8 Å². The first-order valence-electron chi connectivity index (χ1n) is 11.6. The number of nitrogens with zero attached hydrogens (tertiary/aromatic N) is 2. The second kappa shape index (κ2) is 9.57. The fraction of sp³-hybridized carbons (Fsp3) is 0.696. The summed E-state index contributed by atoms with van der Waals surface area (Å²) in [7, 11) is -3.57. The molecule has 0 radical (unpaired) electrons. The van der Waals surface area contributed by atoms with Crippen molar-refractivity contribution in [1.82, 2.24) is 14.5 Å². The van der Waals surface area contributed by atoms with Crippen LogP contribution in [0.1, 0.15) is 49.9 Å². The van der Waals surface area contributed by atoms with E-state index in [1.54, 1.807) is 18.2 Å². The normalized spacial score (nSPS) is 26.2. The summed E-state index contributed by atoms with van der Waals surface area (Å²) >= 11 is 0. The van der Waals surface area contributed by atoms with Crippen LogP contribution < -0.4 is 4.72 Å². The molecule has 1 aromatic carbocycles. The van der Waals surface area contributed by atoms with Gasteiger partial charge in [0.05, 0.1) is 17.1 Å². The Morgan fingerprint density at radius 2 is 1.74 bits per heavy atom. The quantitative estimate of drug-likeness (QED) is 0.691. The van der Waals surface area contributed by atoms with Crippen molar-refractivity contribution in [2.24, 2.45) is 11.8 Å². The minimum atomic E-state index is -3.57. The fourth-order valence-corrected chi connectivity index (χ4v) is 5.89. The number of hydrogen-bond donors (Lipinski definition) is 1. The zero-order valence-electron chi connectivity index (χ0n) is 18.6. The lowest BCUT2D eigenvalue weighted by Crippen LogP contribution is -2.48. The Hall–Kier alpha value is -1.48. The zero-order chi connectivity index (χ0) is 22.0. The van der Waals surface area contributed by atoms with Crippen LogP contribution in [0.2, 0.25) is 0 Å². The number of hydrogen-bond acceptors (Lipinski definition) is 5. The third-order valence-electron chi connectivity index (χ3n) is 6.56. The second-order valence-electron chi connectivity index (χ2n) is 9.53. The van der Waals surface area contributed by atoms with Gasteiger partial charge in [0.2, 0.25) is 10.0 Å². The Labute approximate surface area is 186 Å². The summed E-state index contributed by atoms with van der Waals surface area (Å²) in [5, 5.41) is 0. The molecule has 8 heteroatoms. The van der Waals surface area contributed by atoms with Crippen molar-refractivity contribution in [1.29, 1.82) is 0 Å². The number of amides is 1. The molecular weight excluding hydrogens is 414 g/mol. The Bertz CT molecular complexity index is 869. The molecule has 1 N–H and O–H groups in total. The van der Waals surface area contributed by atoms with E-state index in [4.69, 9.17) is 4.74 Å². The van der Waals surface area contributed by atoms with Crippen LogP contribution in [0.25, 0.3) is 0 Å². The first-order chi connectivity index (χ1) is 14.8. The molecule has 2 atom stereocenters.